The van der Waals surface area contributed by atoms with Crippen molar-refractivity contribution in [1.82, 2.24) is 10.5 Å². The van der Waals surface area contributed by atoms with E-state index in [0.717, 1.165) is 41.8 Å². The van der Waals surface area contributed by atoms with Gasteiger partial charge in [0.25, 0.3) is 5.91 Å². The minimum Gasteiger partial charge on any atom is -0.310 e. The summed E-state index contributed by atoms with van der Waals surface area (Å²) in [5.74, 6) is -0.339. The van der Waals surface area contributed by atoms with Crippen LogP contribution in [0.5, 0.6) is 0 Å². The molecule has 2 amide bonds. The minimum atomic E-state index is -0.511. The number of hydroxylamine groups is 1. The molecule has 1 aromatic heterocycles. The maximum absolute atomic E-state index is 13.2. The third-order valence-electron chi connectivity index (χ3n) is 5.69. The summed E-state index contributed by atoms with van der Waals surface area (Å²) in [5.41, 5.74) is 5.73. The first-order chi connectivity index (χ1) is 12.5. The standard InChI is InChI=1S/C20H21N3O3.H2S/c1-13-2-5-17(12-21-13)23-9-8-20(19(23)25)7-6-14-10-15(18(24)22-26)3-4-16(14)11-20;/h2-5,10,12,26H,6-9,11H2,1H3,(H,22,24);1H2/t20-;/m1./s1. The number of benzene rings is 1. The van der Waals surface area contributed by atoms with Crippen molar-refractivity contribution in [3.8, 4) is 0 Å². The van der Waals surface area contributed by atoms with Gasteiger partial charge in [0.15, 0.2) is 0 Å². The number of rotatable bonds is 2. The Morgan fingerprint density at radius 3 is 2.74 bits per heavy atom. The first-order valence-corrected chi connectivity index (χ1v) is 8.83. The fourth-order valence-electron chi connectivity index (χ4n) is 4.15. The second kappa shape index (κ2) is 7.32. The number of aryl methyl sites for hydroxylation is 2. The summed E-state index contributed by atoms with van der Waals surface area (Å²) in [6, 6.07) is 9.30. The Morgan fingerprint density at radius 1 is 1.22 bits per heavy atom. The van der Waals surface area contributed by atoms with Gasteiger partial charge in [0.05, 0.1) is 17.3 Å². The van der Waals surface area contributed by atoms with Gasteiger partial charge in [-0.1, -0.05) is 6.07 Å². The highest BCUT2D eigenvalue weighted by atomic mass is 32.1. The van der Waals surface area contributed by atoms with E-state index in [0.29, 0.717) is 18.5 Å². The number of nitrogens with zero attached hydrogens (tertiary/aromatic N) is 2. The number of nitrogens with one attached hydrogen (secondary N) is 1. The number of carbonyl (C=O) groups excluding carboxylic acids is 2. The Morgan fingerprint density at radius 2 is 2.04 bits per heavy atom. The van der Waals surface area contributed by atoms with E-state index >= 15 is 0 Å². The summed E-state index contributed by atoms with van der Waals surface area (Å²) in [7, 11) is 0. The Balaban J connectivity index is 0.00000210. The van der Waals surface area contributed by atoms with Crippen LogP contribution in [-0.2, 0) is 17.6 Å². The van der Waals surface area contributed by atoms with Crippen LogP contribution in [-0.4, -0.2) is 28.6 Å². The molecule has 27 heavy (non-hydrogen) atoms. The third-order valence-corrected chi connectivity index (χ3v) is 5.69. The van der Waals surface area contributed by atoms with E-state index in [2.05, 4.69) is 4.98 Å². The summed E-state index contributed by atoms with van der Waals surface area (Å²) in [6.07, 6.45) is 4.82. The molecule has 1 atom stereocenters. The second-order valence-corrected chi connectivity index (χ2v) is 7.25. The highest BCUT2D eigenvalue weighted by Crippen LogP contribution is 2.45. The quantitative estimate of drug-likeness (QED) is 0.615. The molecular formula is C20H23N3O3S. The molecule has 0 saturated carbocycles. The van der Waals surface area contributed by atoms with Crippen molar-refractivity contribution >= 4 is 31.0 Å². The lowest BCUT2D eigenvalue weighted by atomic mass is 9.70. The van der Waals surface area contributed by atoms with Crippen LogP contribution in [0.1, 0.15) is 40.0 Å². The zero-order chi connectivity index (χ0) is 18.3. The van der Waals surface area contributed by atoms with Crippen LogP contribution in [0.3, 0.4) is 0 Å². The molecule has 1 fully saturated rings. The van der Waals surface area contributed by atoms with E-state index in [4.69, 9.17) is 5.21 Å². The highest BCUT2D eigenvalue weighted by Gasteiger charge is 2.48. The van der Waals surface area contributed by atoms with Gasteiger partial charge in [0.1, 0.15) is 0 Å². The summed E-state index contributed by atoms with van der Waals surface area (Å²) < 4.78 is 0. The molecule has 2 aliphatic rings. The van der Waals surface area contributed by atoms with Crippen molar-refractivity contribution in [3.05, 3.63) is 58.9 Å². The number of hydrogen-bond acceptors (Lipinski definition) is 4. The number of hydrogen-bond donors (Lipinski definition) is 2. The van der Waals surface area contributed by atoms with Gasteiger partial charge in [-0.25, -0.2) is 5.48 Å². The van der Waals surface area contributed by atoms with Crippen LogP contribution >= 0.6 is 13.5 Å². The molecule has 1 aromatic carbocycles. The van der Waals surface area contributed by atoms with Gasteiger partial charge in [-0.3, -0.25) is 19.8 Å². The van der Waals surface area contributed by atoms with E-state index in [1.807, 2.05) is 36.1 Å². The number of anilines is 1. The maximum atomic E-state index is 13.2. The number of aromatic nitrogens is 1. The molecule has 2 heterocycles. The minimum absolute atomic E-state index is 0. The van der Waals surface area contributed by atoms with E-state index < -0.39 is 5.91 Å². The van der Waals surface area contributed by atoms with Gasteiger partial charge >= 0.3 is 0 Å². The van der Waals surface area contributed by atoms with Gasteiger partial charge < -0.3 is 4.90 Å². The molecule has 142 valence electrons. The predicted molar refractivity (Wildman–Crippen MR) is 106 cm³/mol. The number of carbonyl (C=O) groups is 2. The first-order valence-electron chi connectivity index (χ1n) is 8.83. The summed E-state index contributed by atoms with van der Waals surface area (Å²) in [4.78, 5) is 31.0. The molecule has 0 unspecified atom stereocenters. The van der Waals surface area contributed by atoms with Crippen LogP contribution in [0.2, 0.25) is 0 Å². The molecule has 0 radical (unpaired) electrons. The number of fused-ring (bicyclic) bond motifs is 1. The highest BCUT2D eigenvalue weighted by molar-refractivity contribution is 7.59. The molecule has 6 nitrogen and oxygen atoms in total. The smallest absolute Gasteiger partial charge is 0.274 e. The lowest BCUT2D eigenvalue weighted by molar-refractivity contribution is -0.126. The first kappa shape index (κ1) is 19.4. The van der Waals surface area contributed by atoms with Crippen molar-refractivity contribution in [1.29, 1.82) is 0 Å². The molecule has 0 bridgehead atoms. The van der Waals surface area contributed by atoms with Crippen LogP contribution in [0, 0.1) is 12.3 Å². The average Bonchev–Trinajstić information content (AvgIpc) is 2.97. The number of pyridine rings is 1. The Hall–Kier alpha value is -2.38. The maximum Gasteiger partial charge on any atom is 0.274 e. The van der Waals surface area contributed by atoms with Gasteiger partial charge in [0.2, 0.25) is 5.91 Å². The molecular weight excluding hydrogens is 362 g/mol. The van der Waals surface area contributed by atoms with Gasteiger partial charge in [-0.2, -0.15) is 13.5 Å². The molecule has 2 aromatic rings. The number of amides is 2. The van der Waals surface area contributed by atoms with E-state index in [-0.39, 0.29) is 24.8 Å². The second-order valence-electron chi connectivity index (χ2n) is 7.25. The molecule has 7 heteroatoms. The lowest BCUT2D eigenvalue weighted by Gasteiger charge is -2.33. The van der Waals surface area contributed by atoms with Crippen LogP contribution < -0.4 is 10.4 Å². The monoisotopic (exact) mass is 385 g/mol. The topological polar surface area (TPSA) is 82.5 Å². The molecule has 1 spiro atoms. The third kappa shape index (κ3) is 3.33. The summed E-state index contributed by atoms with van der Waals surface area (Å²) in [6.45, 7) is 2.64. The molecule has 1 saturated heterocycles. The van der Waals surface area contributed by atoms with Crippen LogP contribution in [0.15, 0.2) is 36.5 Å². The van der Waals surface area contributed by atoms with Crippen molar-refractivity contribution in [2.75, 3.05) is 11.4 Å². The summed E-state index contributed by atoms with van der Waals surface area (Å²) in [5, 5.41) is 8.79. The zero-order valence-corrected chi connectivity index (χ0v) is 16.2. The van der Waals surface area contributed by atoms with Gasteiger partial charge in [0, 0.05) is 17.8 Å². The predicted octanol–water partition coefficient (Wildman–Crippen LogP) is 2.53. The van der Waals surface area contributed by atoms with E-state index in [1.54, 1.807) is 17.7 Å². The van der Waals surface area contributed by atoms with E-state index in [1.165, 1.54) is 0 Å². The normalized spacial score (nSPS) is 21.0. The molecule has 1 aliphatic carbocycles. The van der Waals surface area contributed by atoms with Gasteiger partial charge in [-0.15, -0.1) is 0 Å². The molecule has 2 N–H and O–H groups in total. The largest absolute Gasteiger partial charge is 0.310 e. The van der Waals surface area contributed by atoms with Crippen LogP contribution in [0.25, 0.3) is 0 Å². The fourth-order valence-corrected chi connectivity index (χ4v) is 4.15. The van der Waals surface area contributed by atoms with Gasteiger partial charge in [-0.05, 0) is 68.0 Å². The summed E-state index contributed by atoms with van der Waals surface area (Å²) >= 11 is 0. The Bertz CT molecular complexity index is 885. The fraction of sp³-hybridized carbons (Fsp3) is 0.350. The Kier molecular flexibility index (Phi) is 5.26. The van der Waals surface area contributed by atoms with Crippen molar-refractivity contribution < 1.29 is 14.8 Å². The van der Waals surface area contributed by atoms with Crippen LogP contribution in [0.4, 0.5) is 5.69 Å². The van der Waals surface area contributed by atoms with Crippen molar-refractivity contribution in [3.63, 3.8) is 0 Å². The molecule has 4 rings (SSSR count). The lowest BCUT2D eigenvalue weighted by Crippen LogP contribution is -2.38. The van der Waals surface area contributed by atoms with Crippen molar-refractivity contribution in [2.24, 2.45) is 5.41 Å². The van der Waals surface area contributed by atoms with Crippen molar-refractivity contribution in [2.45, 2.75) is 32.6 Å². The average molecular weight is 385 g/mol. The zero-order valence-electron chi connectivity index (χ0n) is 15.2. The molecule has 1 aliphatic heterocycles. The van der Waals surface area contributed by atoms with E-state index in [9.17, 15) is 9.59 Å². The SMILES string of the molecule is Cc1ccc(N2CC[C@@]3(CCc4cc(C(=O)NO)ccc4C3)C2=O)cn1.S. The Labute approximate surface area is 165 Å².